The van der Waals surface area contributed by atoms with E-state index in [9.17, 15) is 4.79 Å². The quantitative estimate of drug-likeness (QED) is 0.810. The summed E-state index contributed by atoms with van der Waals surface area (Å²) in [6.07, 6.45) is 0. The molecule has 0 atom stereocenters. The molecule has 0 spiro atoms. The van der Waals surface area contributed by atoms with Gasteiger partial charge in [0.1, 0.15) is 16.6 Å². The van der Waals surface area contributed by atoms with Gasteiger partial charge in [-0.25, -0.2) is 4.98 Å². The summed E-state index contributed by atoms with van der Waals surface area (Å²) in [6, 6.07) is 3.10. The average molecular weight is 243 g/mol. The molecule has 4 nitrogen and oxygen atoms in total. The Kier molecular flexibility index (Phi) is 3.75. The van der Waals surface area contributed by atoms with Gasteiger partial charge in [-0.1, -0.05) is 11.6 Å². The fourth-order valence-electron chi connectivity index (χ4n) is 1.11. The van der Waals surface area contributed by atoms with E-state index in [1.165, 1.54) is 7.11 Å². The summed E-state index contributed by atoms with van der Waals surface area (Å²) < 4.78 is 5.01. The number of carbonyl (C=O) groups is 1. The molecule has 1 heterocycles. The highest BCUT2D eigenvalue weighted by Crippen LogP contribution is 2.17. The number of nitrogens with zero attached hydrogens (tertiary/aromatic N) is 1. The van der Waals surface area contributed by atoms with Gasteiger partial charge in [0, 0.05) is 17.7 Å². The van der Waals surface area contributed by atoms with Crippen molar-refractivity contribution in [3.05, 3.63) is 23.0 Å². The molecule has 1 amide bonds. The molecular formula is C11H15ClN2O2. The molecular weight excluding hydrogens is 228 g/mol. The first-order chi connectivity index (χ1) is 7.31. The van der Waals surface area contributed by atoms with Gasteiger partial charge >= 0.3 is 0 Å². The standard InChI is InChI=1S/C11H15ClN2O2/c1-11(2,3)14-10(15)8-5-7(16-4)6-9(12)13-8/h5-6H,1-4H3,(H,14,15). The van der Waals surface area contributed by atoms with Crippen LogP contribution in [0.2, 0.25) is 5.15 Å². The van der Waals surface area contributed by atoms with Crippen LogP contribution in [0.4, 0.5) is 0 Å². The third kappa shape index (κ3) is 3.70. The first kappa shape index (κ1) is 12.8. The van der Waals surface area contributed by atoms with E-state index in [0.29, 0.717) is 5.75 Å². The van der Waals surface area contributed by atoms with Crippen LogP contribution in [-0.4, -0.2) is 23.5 Å². The fourth-order valence-corrected chi connectivity index (χ4v) is 1.31. The number of nitrogens with one attached hydrogen (secondary N) is 1. The molecule has 0 bridgehead atoms. The smallest absolute Gasteiger partial charge is 0.270 e. The second kappa shape index (κ2) is 4.70. The Morgan fingerprint density at radius 3 is 2.56 bits per heavy atom. The monoisotopic (exact) mass is 242 g/mol. The van der Waals surface area contributed by atoms with E-state index in [2.05, 4.69) is 10.3 Å². The lowest BCUT2D eigenvalue weighted by Gasteiger charge is -2.20. The zero-order chi connectivity index (χ0) is 12.3. The van der Waals surface area contributed by atoms with Crippen LogP contribution in [0.3, 0.4) is 0 Å². The van der Waals surface area contributed by atoms with Crippen molar-refractivity contribution in [2.75, 3.05) is 7.11 Å². The first-order valence-electron chi connectivity index (χ1n) is 4.86. The summed E-state index contributed by atoms with van der Waals surface area (Å²) >= 11 is 5.77. The van der Waals surface area contributed by atoms with Gasteiger partial charge < -0.3 is 10.1 Å². The van der Waals surface area contributed by atoms with Crippen molar-refractivity contribution in [2.24, 2.45) is 0 Å². The Hall–Kier alpha value is -1.29. The van der Waals surface area contributed by atoms with Crippen LogP contribution in [0.15, 0.2) is 12.1 Å². The molecule has 0 aliphatic rings. The number of rotatable bonds is 2. The van der Waals surface area contributed by atoms with E-state index in [-0.39, 0.29) is 22.3 Å². The number of aromatic nitrogens is 1. The highest BCUT2D eigenvalue weighted by Gasteiger charge is 2.17. The molecule has 0 saturated heterocycles. The molecule has 5 heteroatoms. The lowest BCUT2D eigenvalue weighted by molar-refractivity contribution is 0.0914. The van der Waals surface area contributed by atoms with Crippen LogP contribution in [-0.2, 0) is 0 Å². The summed E-state index contributed by atoms with van der Waals surface area (Å²) in [7, 11) is 1.51. The van der Waals surface area contributed by atoms with Crippen LogP contribution < -0.4 is 10.1 Å². The summed E-state index contributed by atoms with van der Waals surface area (Å²) in [6.45, 7) is 5.69. The Morgan fingerprint density at radius 2 is 2.06 bits per heavy atom. The van der Waals surface area contributed by atoms with Crippen molar-refractivity contribution in [2.45, 2.75) is 26.3 Å². The Morgan fingerprint density at radius 1 is 1.44 bits per heavy atom. The van der Waals surface area contributed by atoms with Gasteiger partial charge in [-0.05, 0) is 20.8 Å². The number of pyridine rings is 1. The molecule has 0 unspecified atom stereocenters. The molecule has 0 fully saturated rings. The Balaban J connectivity index is 2.95. The van der Waals surface area contributed by atoms with E-state index in [1.807, 2.05) is 20.8 Å². The first-order valence-corrected chi connectivity index (χ1v) is 5.24. The Labute approximate surface area is 100.0 Å². The lowest BCUT2D eigenvalue weighted by atomic mass is 10.1. The van der Waals surface area contributed by atoms with E-state index >= 15 is 0 Å². The molecule has 0 aromatic carbocycles. The second-order valence-electron chi connectivity index (χ2n) is 4.42. The topological polar surface area (TPSA) is 51.2 Å². The minimum Gasteiger partial charge on any atom is -0.497 e. The van der Waals surface area contributed by atoms with E-state index in [0.717, 1.165) is 0 Å². The normalized spacial score (nSPS) is 11.1. The van der Waals surface area contributed by atoms with E-state index in [4.69, 9.17) is 16.3 Å². The van der Waals surface area contributed by atoms with Gasteiger partial charge in [0.15, 0.2) is 0 Å². The molecule has 0 radical (unpaired) electrons. The number of hydrogen-bond acceptors (Lipinski definition) is 3. The number of methoxy groups -OCH3 is 1. The zero-order valence-electron chi connectivity index (χ0n) is 9.80. The van der Waals surface area contributed by atoms with Crippen molar-refractivity contribution in [3.8, 4) is 5.75 Å². The minimum atomic E-state index is -0.311. The van der Waals surface area contributed by atoms with Crippen molar-refractivity contribution in [1.29, 1.82) is 0 Å². The highest BCUT2D eigenvalue weighted by molar-refractivity contribution is 6.29. The molecule has 16 heavy (non-hydrogen) atoms. The molecule has 88 valence electrons. The van der Waals surface area contributed by atoms with Crippen molar-refractivity contribution in [1.82, 2.24) is 10.3 Å². The van der Waals surface area contributed by atoms with E-state index < -0.39 is 0 Å². The fraction of sp³-hybridized carbons (Fsp3) is 0.455. The van der Waals surface area contributed by atoms with Gasteiger partial charge in [-0.2, -0.15) is 0 Å². The maximum atomic E-state index is 11.8. The molecule has 0 aliphatic carbocycles. The van der Waals surface area contributed by atoms with Crippen molar-refractivity contribution in [3.63, 3.8) is 0 Å². The maximum Gasteiger partial charge on any atom is 0.270 e. The third-order valence-electron chi connectivity index (χ3n) is 1.72. The van der Waals surface area contributed by atoms with E-state index in [1.54, 1.807) is 12.1 Å². The average Bonchev–Trinajstić information content (AvgIpc) is 2.14. The van der Waals surface area contributed by atoms with Gasteiger partial charge in [-0.3, -0.25) is 4.79 Å². The van der Waals surface area contributed by atoms with Crippen LogP contribution >= 0.6 is 11.6 Å². The number of amides is 1. The molecule has 0 saturated carbocycles. The molecule has 0 aliphatic heterocycles. The van der Waals surface area contributed by atoms with Crippen molar-refractivity contribution >= 4 is 17.5 Å². The maximum absolute atomic E-state index is 11.8. The van der Waals surface area contributed by atoms with Gasteiger partial charge in [0.25, 0.3) is 5.91 Å². The summed E-state index contributed by atoms with van der Waals surface area (Å²) in [4.78, 5) is 15.7. The molecule has 1 rings (SSSR count). The van der Waals surface area contributed by atoms with Crippen LogP contribution in [0, 0.1) is 0 Å². The highest BCUT2D eigenvalue weighted by atomic mass is 35.5. The number of carbonyl (C=O) groups excluding carboxylic acids is 1. The van der Waals surface area contributed by atoms with Crippen LogP contribution in [0.25, 0.3) is 0 Å². The molecule has 1 aromatic heterocycles. The lowest BCUT2D eigenvalue weighted by Crippen LogP contribution is -2.40. The third-order valence-corrected chi connectivity index (χ3v) is 1.92. The number of hydrogen-bond donors (Lipinski definition) is 1. The predicted molar refractivity (Wildman–Crippen MR) is 63.0 cm³/mol. The summed E-state index contributed by atoms with van der Waals surface area (Å²) in [5, 5.41) is 3.03. The Bertz CT molecular complexity index is 399. The van der Waals surface area contributed by atoms with Crippen LogP contribution in [0.5, 0.6) is 5.75 Å². The zero-order valence-corrected chi connectivity index (χ0v) is 10.6. The van der Waals surface area contributed by atoms with Crippen molar-refractivity contribution < 1.29 is 9.53 Å². The largest absolute Gasteiger partial charge is 0.497 e. The van der Waals surface area contributed by atoms with Gasteiger partial charge in [-0.15, -0.1) is 0 Å². The molecule has 1 N–H and O–H groups in total. The minimum absolute atomic E-state index is 0.235. The summed E-state index contributed by atoms with van der Waals surface area (Å²) in [5.41, 5.74) is -0.0619. The molecule has 1 aromatic rings. The number of halogens is 1. The SMILES string of the molecule is COc1cc(Cl)nc(C(=O)NC(C)(C)C)c1. The summed E-state index contributed by atoms with van der Waals surface area (Å²) in [5.74, 6) is 0.243. The second-order valence-corrected chi connectivity index (χ2v) is 4.81. The van der Waals surface area contributed by atoms with Crippen LogP contribution in [0.1, 0.15) is 31.3 Å². The van der Waals surface area contributed by atoms with Gasteiger partial charge in [0.05, 0.1) is 7.11 Å². The predicted octanol–water partition coefficient (Wildman–Crippen LogP) is 2.27. The number of ether oxygens (including phenoxy) is 1. The van der Waals surface area contributed by atoms with Gasteiger partial charge in [0.2, 0.25) is 0 Å².